The molecule has 0 fully saturated rings. The SMILES string of the molecule is COc1cccc(C(=O)c2c(F)cccc2F)c1. The van der Waals surface area contributed by atoms with Crippen molar-refractivity contribution in [2.24, 2.45) is 0 Å². The average molecular weight is 248 g/mol. The predicted octanol–water partition coefficient (Wildman–Crippen LogP) is 3.20. The quantitative estimate of drug-likeness (QED) is 0.780. The number of carbonyl (C=O) groups is 1. The number of halogens is 2. The van der Waals surface area contributed by atoms with E-state index in [9.17, 15) is 13.6 Å². The van der Waals surface area contributed by atoms with Gasteiger partial charge in [0.1, 0.15) is 17.4 Å². The van der Waals surface area contributed by atoms with Crippen molar-refractivity contribution in [1.29, 1.82) is 0 Å². The fourth-order valence-electron chi connectivity index (χ4n) is 1.62. The Morgan fingerprint density at radius 2 is 1.67 bits per heavy atom. The van der Waals surface area contributed by atoms with E-state index in [1.165, 1.54) is 25.3 Å². The van der Waals surface area contributed by atoms with Crippen LogP contribution in [-0.2, 0) is 0 Å². The van der Waals surface area contributed by atoms with Gasteiger partial charge in [-0.15, -0.1) is 0 Å². The summed E-state index contributed by atoms with van der Waals surface area (Å²) in [6, 6.07) is 9.48. The average Bonchev–Trinajstić information content (AvgIpc) is 2.38. The smallest absolute Gasteiger partial charge is 0.199 e. The molecule has 2 nitrogen and oxygen atoms in total. The second kappa shape index (κ2) is 4.96. The van der Waals surface area contributed by atoms with Crippen LogP contribution < -0.4 is 4.74 Å². The molecule has 2 rings (SSSR count). The molecule has 0 N–H and O–H groups in total. The van der Waals surface area contributed by atoms with Crippen molar-refractivity contribution in [3.63, 3.8) is 0 Å². The van der Waals surface area contributed by atoms with Gasteiger partial charge in [0.15, 0.2) is 5.78 Å². The van der Waals surface area contributed by atoms with Crippen molar-refractivity contribution < 1.29 is 18.3 Å². The van der Waals surface area contributed by atoms with Crippen LogP contribution >= 0.6 is 0 Å². The maximum Gasteiger partial charge on any atom is 0.199 e. The van der Waals surface area contributed by atoms with Crippen molar-refractivity contribution >= 4 is 5.78 Å². The number of hydrogen-bond acceptors (Lipinski definition) is 2. The first-order valence-corrected chi connectivity index (χ1v) is 5.26. The fourth-order valence-corrected chi connectivity index (χ4v) is 1.62. The van der Waals surface area contributed by atoms with Crippen LogP contribution in [0.25, 0.3) is 0 Å². The van der Waals surface area contributed by atoms with E-state index in [-0.39, 0.29) is 5.56 Å². The van der Waals surface area contributed by atoms with Gasteiger partial charge < -0.3 is 4.74 Å². The first-order valence-electron chi connectivity index (χ1n) is 5.26. The first-order chi connectivity index (χ1) is 8.63. The zero-order valence-corrected chi connectivity index (χ0v) is 9.61. The van der Waals surface area contributed by atoms with Crippen LogP contribution in [0, 0.1) is 11.6 Å². The highest BCUT2D eigenvalue weighted by molar-refractivity contribution is 6.09. The van der Waals surface area contributed by atoms with E-state index in [0.29, 0.717) is 5.75 Å². The van der Waals surface area contributed by atoms with Crippen molar-refractivity contribution in [2.75, 3.05) is 7.11 Å². The molecule has 2 aromatic rings. The molecule has 0 aliphatic carbocycles. The van der Waals surface area contributed by atoms with Gasteiger partial charge in [-0.25, -0.2) is 8.78 Å². The van der Waals surface area contributed by atoms with Gasteiger partial charge in [0.05, 0.1) is 12.7 Å². The van der Waals surface area contributed by atoms with Crippen LogP contribution in [0.5, 0.6) is 5.75 Å². The lowest BCUT2D eigenvalue weighted by atomic mass is 10.0. The number of methoxy groups -OCH3 is 1. The molecular formula is C14H10F2O2. The summed E-state index contributed by atoms with van der Waals surface area (Å²) in [6.45, 7) is 0. The van der Waals surface area contributed by atoms with Gasteiger partial charge in [-0.3, -0.25) is 4.79 Å². The summed E-state index contributed by atoms with van der Waals surface area (Å²) in [5.74, 6) is -1.99. The molecule has 0 saturated carbocycles. The van der Waals surface area contributed by atoms with Gasteiger partial charge in [0.25, 0.3) is 0 Å². The summed E-state index contributed by atoms with van der Waals surface area (Å²) in [5.41, 5.74) is -0.371. The largest absolute Gasteiger partial charge is 0.497 e. The lowest BCUT2D eigenvalue weighted by molar-refractivity contribution is 0.103. The van der Waals surface area contributed by atoms with Crippen molar-refractivity contribution in [3.05, 3.63) is 65.2 Å². The van der Waals surface area contributed by atoms with Gasteiger partial charge in [-0.2, -0.15) is 0 Å². The maximum absolute atomic E-state index is 13.5. The third-order valence-corrected chi connectivity index (χ3v) is 2.52. The van der Waals surface area contributed by atoms with Crippen molar-refractivity contribution in [1.82, 2.24) is 0 Å². The predicted molar refractivity (Wildman–Crippen MR) is 62.8 cm³/mol. The Labute approximate surface area is 103 Å². The molecule has 0 aliphatic rings. The molecule has 18 heavy (non-hydrogen) atoms. The number of carbonyl (C=O) groups excluding carboxylic acids is 1. The molecule has 0 heterocycles. The van der Waals surface area contributed by atoms with Crippen LogP contribution in [0.3, 0.4) is 0 Å². The summed E-state index contributed by atoms with van der Waals surface area (Å²) in [7, 11) is 1.45. The minimum absolute atomic E-state index is 0.179. The van der Waals surface area contributed by atoms with Gasteiger partial charge in [-0.05, 0) is 24.3 Å². The third kappa shape index (κ3) is 2.22. The Kier molecular flexibility index (Phi) is 3.37. The standard InChI is InChI=1S/C14H10F2O2/c1-18-10-5-2-4-9(8-10)14(17)13-11(15)6-3-7-12(13)16/h2-8H,1H3. The third-order valence-electron chi connectivity index (χ3n) is 2.52. The summed E-state index contributed by atoms with van der Waals surface area (Å²) in [5, 5.41) is 0. The van der Waals surface area contributed by atoms with E-state index in [0.717, 1.165) is 12.1 Å². The number of rotatable bonds is 3. The molecule has 0 aromatic heterocycles. The number of ether oxygens (including phenoxy) is 1. The van der Waals surface area contributed by atoms with Crippen LogP contribution in [-0.4, -0.2) is 12.9 Å². The fraction of sp³-hybridized carbons (Fsp3) is 0.0714. The van der Waals surface area contributed by atoms with Crippen LogP contribution in [0.4, 0.5) is 8.78 Å². The van der Waals surface area contributed by atoms with Crippen LogP contribution in [0.1, 0.15) is 15.9 Å². The lowest BCUT2D eigenvalue weighted by Crippen LogP contribution is -2.07. The zero-order valence-electron chi connectivity index (χ0n) is 9.61. The molecule has 0 radical (unpaired) electrons. The normalized spacial score (nSPS) is 10.2. The summed E-state index contributed by atoms with van der Waals surface area (Å²) in [6.07, 6.45) is 0. The summed E-state index contributed by atoms with van der Waals surface area (Å²) in [4.78, 5) is 12.0. The van der Waals surface area contributed by atoms with Gasteiger partial charge in [0.2, 0.25) is 0 Å². The minimum Gasteiger partial charge on any atom is -0.497 e. The molecule has 0 atom stereocenters. The summed E-state index contributed by atoms with van der Waals surface area (Å²) >= 11 is 0. The van der Waals surface area contributed by atoms with Crippen molar-refractivity contribution in [2.45, 2.75) is 0 Å². The molecule has 0 spiro atoms. The molecule has 0 aliphatic heterocycles. The van der Waals surface area contributed by atoms with Gasteiger partial charge >= 0.3 is 0 Å². The minimum atomic E-state index is -0.872. The second-order valence-corrected chi connectivity index (χ2v) is 3.66. The molecule has 0 saturated heterocycles. The van der Waals surface area contributed by atoms with Gasteiger partial charge in [-0.1, -0.05) is 18.2 Å². The first kappa shape index (κ1) is 12.2. The van der Waals surface area contributed by atoms with E-state index >= 15 is 0 Å². The van der Waals surface area contributed by atoms with Crippen molar-refractivity contribution in [3.8, 4) is 5.75 Å². The second-order valence-electron chi connectivity index (χ2n) is 3.66. The Morgan fingerprint density at radius 1 is 1.06 bits per heavy atom. The molecule has 4 heteroatoms. The molecule has 0 amide bonds. The van der Waals surface area contributed by atoms with E-state index in [4.69, 9.17) is 4.74 Å². The van der Waals surface area contributed by atoms with Crippen LogP contribution in [0.15, 0.2) is 42.5 Å². The van der Waals surface area contributed by atoms with E-state index in [1.54, 1.807) is 12.1 Å². The van der Waals surface area contributed by atoms with Gasteiger partial charge in [0, 0.05) is 5.56 Å². The number of ketones is 1. The number of benzene rings is 2. The highest BCUT2D eigenvalue weighted by Gasteiger charge is 2.18. The maximum atomic E-state index is 13.5. The lowest BCUT2D eigenvalue weighted by Gasteiger charge is -2.05. The Bertz CT molecular complexity index is 574. The highest BCUT2D eigenvalue weighted by Crippen LogP contribution is 2.20. The van der Waals surface area contributed by atoms with Crippen LogP contribution in [0.2, 0.25) is 0 Å². The molecular weight excluding hydrogens is 238 g/mol. The molecule has 2 aromatic carbocycles. The topological polar surface area (TPSA) is 26.3 Å². The Hall–Kier alpha value is -2.23. The zero-order chi connectivity index (χ0) is 13.1. The summed E-state index contributed by atoms with van der Waals surface area (Å²) < 4.78 is 31.9. The monoisotopic (exact) mass is 248 g/mol. The molecule has 92 valence electrons. The Morgan fingerprint density at radius 3 is 2.28 bits per heavy atom. The highest BCUT2D eigenvalue weighted by atomic mass is 19.1. The molecule has 0 unspecified atom stereocenters. The molecule has 0 bridgehead atoms. The Balaban J connectivity index is 2.48. The number of hydrogen-bond donors (Lipinski definition) is 0. The van der Waals surface area contributed by atoms with E-state index in [1.807, 2.05) is 0 Å². The van der Waals surface area contributed by atoms with E-state index in [2.05, 4.69) is 0 Å². The van der Waals surface area contributed by atoms with E-state index < -0.39 is 23.0 Å².